The second-order valence-electron chi connectivity index (χ2n) is 5.85. The van der Waals surface area contributed by atoms with Crippen LogP contribution in [-0.2, 0) is 6.42 Å². The first-order valence-corrected chi connectivity index (χ1v) is 8.01. The molecule has 0 heterocycles. The van der Waals surface area contributed by atoms with Crippen LogP contribution in [0.25, 0.3) is 32.7 Å². The van der Waals surface area contributed by atoms with Crippen molar-refractivity contribution in [2.45, 2.75) is 13.3 Å². The number of hydrogen-bond acceptors (Lipinski definition) is 1. The fraction of sp³-hybridized carbons (Fsp3) is 0.0909. The standard InChI is InChI=1S/C22H18O/c1-2-17-18-7-3-5-9-20(18)22(15-11-13-16(23)14-12-15)21-10-6-4-8-19(17)21/h3-14,23H,2H2,1H3. The number of phenols is 1. The van der Waals surface area contributed by atoms with Crippen molar-refractivity contribution >= 4 is 21.5 Å². The maximum absolute atomic E-state index is 9.61. The molecule has 1 heteroatoms. The lowest BCUT2D eigenvalue weighted by molar-refractivity contribution is 0.475. The van der Waals surface area contributed by atoms with Crippen LogP contribution < -0.4 is 0 Å². The van der Waals surface area contributed by atoms with Gasteiger partial charge in [-0.05, 0) is 56.8 Å². The van der Waals surface area contributed by atoms with Crippen molar-refractivity contribution in [3.8, 4) is 16.9 Å². The van der Waals surface area contributed by atoms with E-state index in [0.717, 1.165) is 12.0 Å². The average molecular weight is 298 g/mol. The second kappa shape index (κ2) is 5.44. The van der Waals surface area contributed by atoms with Gasteiger partial charge in [-0.1, -0.05) is 67.6 Å². The highest BCUT2D eigenvalue weighted by Gasteiger charge is 2.13. The van der Waals surface area contributed by atoms with E-state index in [9.17, 15) is 5.11 Å². The molecule has 1 N–H and O–H groups in total. The van der Waals surface area contributed by atoms with Gasteiger partial charge in [0.15, 0.2) is 0 Å². The Balaban J connectivity index is 2.22. The highest BCUT2D eigenvalue weighted by molar-refractivity contribution is 6.15. The van der Waals surface area contributed by atoms with Crippen LogP contribution in [0.2, 0.25) is 0 Å². The van der Waals surface area contributed by atoms with Crippen molar-refractivity contribution in [3.63, 3.8) is 0 Å². The van der Waals surface area contributed by atoms with Gasteiger partial charge in [0, 0.05) is 0 Å². The first-order chi connectivity index (χ1) is 11.3. The zero-order chi connectivity index (χ0) is 15.8. The third kappa shape index (κ3) is 2.17. The van der Waals surface area contributed by atoms with Crippen molar-refractivity contribution in [1.82, 2.24) is 0 Å². The van der Waals surface area contributed by atoms with E-state index in [1.165, 1.54) is 32.7 Å². The second-order valence-corrected chi connectivity index (χ2v) is 5.85. The van der Waals surface area contributed by atoms with Gasteiger partial charge in [-0.15, -0.1) is 0 Å². The largest absolute Gasteiger partial charge is 0.508 e. The molecule has 0 unspecified atom stereocenters. The Kier molecular flexibility index (Phi) is 3.27. The van der Waals surface area contributed by atoms with Crippen molar-refractivity contribution in [2.24, 2.45) is 0 Å². The van der Waals surface area contributed by atoms with Crippen LogP contribution in [0.1, 0.15) is 12.5 Å². The molecule has 0 saturated heterocycles. The Labute approximate surface area is 135 Å². The lowest BCUT2D eigenvalue weighted by Crippen LogP contribution is -1.92. The number of aryl methyl sites for hydroxylation is 1. The van der Waals surface area contributed by atoms with Gasteiger partial charge >= 0.3 is 0 Å². The normalized spacial score (nSPS) is 11.2. The molecule has 1 nitrogen and oxygen atoms in total. The Morgan fingerprint density at radius 2 is 1.13 bits per heavy atom. The van der Waals surface area contributed by atoms with E-state index in [2.05, 4.69) is 55.5 Å². The summed E-state index contributed by atoms with van der Waals surface area (Å²) in [5.41, 5.74) is 3.78. The third-order valence-corrected chi connectivity index (χ3v) is 4.55. The van der Waals surface area contributed by atoms with E-state index in [1.54, 1.807) is 12.1 Å². The monoisotopic (exact) mass is 298 g/mol. The van der Waals surface area contributed by atoms with Crippen molar-refractivity contribution < 1.29 is 5.11 Å². The first kappa shape index (κ1) is 13.8. The van der Waals surface area contributed by atoms with Crippen LogP contribution in [-0.4, -0.2) is 5.11 Å². The fourth-order valence-corrected chi connectivity index (χ4v) is 3.54. The van der Waals surface area contributed by atoms with E-state index in [-0.39, 0.29) is 0 Å². The summed E-state index contributed by atoms with van der Waals surface area (Å²) in [7, 11) is 0. The predicted octanol–water partition coefficient (Wildman–Crippen LogP) is 5.93. The Hall–Kier alpha value is -2.80. The van der Waals surface area contributed by atoms with Crippen LogP contribution in [0.3, 0.4) is 0 Å². The van der Waals surface area contributed by atoms with Crippen molar-refractivity contribution in [3.05, 3.63) is 78.4 Å². The summed E-state index contributed by atoms with van der Waals surface area (Å²) in [5.74, 6) is 0.299. The molecule has 0 saturated carbocycles. The summed E-state index contributed by atoms with van der Waals surface area (Å²) in [6, 6.07) is 24.7. The SMILES string of the molecule is CCc1c2ccccc2c(-c2ccc(O)cc2)c2ccccc12. The number of hydrogen-bond donors (Lipinski definition) is 1. The van der Waals surface area contributed by atoms with Crippen molar-refractivity contribution in [1.29, 1.82) is 0 Å². The van der Waals surface area contributed by atoms with E-state index >= 15 is 0 Å². The minimum atomic E-state index is 0.299. The minimum Gasteiger partial charge on any atom is -0.508 e. The number of fused-ring (bicyclic) bond motifs is 2. The molecule has 0 atom stereocenters. The summed E-state index contributed by atoms with van der Waals surface area (Å²) in [6.07, 6.45) is 1.01. The topological polar surface area (TPSA) is 20.2 Å². The van der Waals surface area contributed by atoms with E-state index in [1.807, 2.05) is 12.1 Å². The summed E-state index contributed by atoms with van der Waals surface area (Å²) >= 11 is 0. The summed E-state index contributed by atoms with van der Waals surface area (Å²) in [5, 5.41) is 14.8. The molecular weight excluding hydrogens is 280 g/mol. The van der Waals surface area contributed by atoms with E-state index in [0.29, 0.717) is 5.75 Å². The fourth-order valence-electron chi connectivity index (χ4n) is 3.54. The Bertz CT molecular complexity index is 940. The first-order valence-electron chi connectivity index (χ1n) is 8.01. The summed E-state index contributed by atoms with van der Waals surface area (Å²) in [4.78, 5) is 0. The average Bonchev–Trinajstić information content (AvgIpc) is 2.60. The van der Waals surface area contributed by atoms with E-state index in [4.69, 9.17) is 0 Å². The van der Waals surface area contributed by atoms with Crippen LogP contribution in [0.15, 0.2) is 72.8 Å². The summed E-state index contributed by atoms with van der Waals surface area (Å²) < 4.78 is 0. The Morgan fingerprint density at radius 1 is 0.652 bits per heavy atom. The molecule has 4 aromatic carbocycles. The number of phenolic OH excluding ortho intramolecular Hbond substituents is 1. The Morgan fingerprint density at radius 3 is 1.61 bits per heavy atom. The molecule has 0 amide bonds. The molecule has 0 bridgehead atoms. The van der Waals surface area contributed by atoms with Gasteiger partial charge in [0.05, 0.1) is 0 Å². The molecule has 0 aromatic heterocycles. The third-order valence-electron chi connectivity index (χ3n) is 4.55. The minimum absolute atomic E-state index is 0.299. The highest BCUT2D eigenvalue weighted by Crippen LogP contribution is 2.39. The van der Waals surface area contributed by atoms with Crippen molar-refractivity contribution in [2.75, 3.05) is 0 Å². The molecule has 0 fully saturated rings. The molecule has 4 aromatic rings. The predicted molar refractivity (Wildman–Crippen MR) is 97.9 cm³/mol. The number of aromatic hydroxyl groups is 1. The molecule has 0 spiro atoms. The molecular formula is C22H18O. The highest BCUT2D eigenvalue weighted by atomic mass is 16.3. The molecule has 0 radical (unpaired) electrons. The zero-order valence-corrected chi connectivity index (χ0v) is 13.1. The molecule has 0 aliphatic heterocycles. The summed E-state index contributed by atoms with van der Waals surface area (Å²) in [6.45, 7) is 2.22. The van der Waals surface area contributed by atoms with Gasteiger partial charge in [-0.2, -0.15) is 0 Å². The van der Waals surface area contributed by atoms with Crippen LogP contribution >= 0.6 is 0 Å². The molecule has 112 valence electrons. The van der Waals surface area contributed by atoms with E-state index < -0.39 is 0 Å². The van der Waals surface area contributed by atoms with Gasteiger partial charge in [-0.25, -0.2) is 0 Å². The lowest BCUT2D eigenvalue weighted by atomic mass is 9.87. The lowest BCUT2D eigenvalue weighted by Gasteiger charge is -2.16. The molecule has 0 aliphatic carbocycles. The number of rotatable bonds is 2. The zero-order valence-electron chi connectivity index (χ0n) is 13.1. The van der Waals surface area contributed by atoms with Crippen LogP contribution in [0, 0.1) is 0 Å². The van der Waals surface area contributed by atoms with Gasteiger partial charge in [0.2, 0.25) is 0 Å². The van der Waals surface area contributed by atoms with Crippen LogP contribution in [0.4, 0.5) is 0 Å². The maximum Gasteiger partial charge on any atom is 0.115 e. The smallest absolute Gasteiger partial charge is 0.115 e. The van der Waals surface area contributed by atoms with Gasteiger partial charge in [0.25, 0.3) is 0 Å². The molecule has 23 heavy (non-hydrogen) atoms. The number of benzene rings is 4. The maximum atomic E-state index is 9.61. The molecule has 0 aliphatic rings. The van der Waals surface area contributed by atoms with Gasteiger partial charge in [0.1, 0.15) is 5.75 Å². The van der Waals surface area contributed by atoms with Gasteiger partial charge in [-0.3, -0.25) is 0 Å². The van der Waals surface area contributed by atoms with Crippen LogP contribution in [0.5, 0.6) is 5.75 Å². The van der Waals surface area contributed by atoms with Gasteiger partial charge < -0.3 is 5.11 Å². The molecule has 4 rings (SSSR count). The quantitative estimate of drug-likeness (QED) is 0.455.